The Morgan fingerprint density at radius 2 is 1.55 bits per heavy atom. The van der Waals surface area contributed by atoms with E-state index in [1.165, 1.54) is 11.1 Å². The minimum Gasteiger partial charge on any atom is -0.297 e. The van der Waals surface area contributed by atoms with Crippen molar-refractivity contribution in [3.63, 3.8) is 0 Å². The molecule has 0 aliphatic heterocycles. The van der Waals surface area contributed by atoms with E-state index in [-0.39, 0.29) is 0 Å². The van der Waals surface area contributed by atoms with Crippen LogP contribution in [0, 0.1) is 20.8 Å². The van der Waals surface area contributed by atoms with E-state index >= 15 is 0 Å². The number of imidazole rings is 1. The van der Waals surface area contributed by atoms with Crippen LogP contribution in [0.4, 0.5) is 0 Å². The topological polar surface area (TPSA) is 48.5 Å². The number of rotatable bonds is 3. The molecule has 0 atom stereocenters. The minimum absolute atomic E-state index is 0.822. The summed E-state index contributed by atoms with van der Waals surface area (Å²) in [4.78, 5) is 9.32. The fraction of sp³-hybridized carbons (Fsp3) is 0.125. The Balaban J connectivity index is 1.72. The van der Waals surface area contributed by atoms with E-state index in [4.69, 9.17) is 4.98 Å². The van der Waals surface area contributed by atoms with Crippen LogP contribution in [0.25, 0.3) is 33.8 Å². The van der Waals surface area contributed by atoms with Crippen LogP contribution in [0.1, 0.15) is 17.0 Å². The van der Waals surface area contributed by atoms with Crippen LogP contribution >= 0.6 is 0 Å². The Labute approximate surface area is 169 Å². The maximum atomic E-state index is 4.74. The molecule has 0 unspecified atom stereocenters. The molecule has 0 aliphatic carbocycles. The molecule has 0 amide bonds. The summed E-state index contributed by atoms with van der Waals surface area (Å²) in [5.41, 5.74) is 7.55. The van der Waals surface area contributed by atoms with Crippen LogP contribution < -0.4 is 0 Å². The molecule has 0 N–H and O–H groups in total. The number of nitrogens with zero attached hydrogens (tertiary/aromatic N) is 5. The predicted octanol–water partition coefficient (Wildman–Crippen LogP) is 5.20. The molecule has 2 aromatic heterocycles. The van der Waals surface area contributed by atoms with Gasteiger partial charge in [0.1, 0.15) is 12.2 Å². The predicted molar refractivity (Wildman–Crippen MR) is 116 cm³/mol. The van der Waals surface area contributed by atoms with Crippen LogP contribution in [0.3, 0.4) is 0 Å². The van der Waals surface area contributed by atoms with Crippen LogP contribution in [-0.2, 0) is 0 Å². The summed E-state index contributed by atoms with van der Waals surface area (Å²) in [6.45, 7) is 6.24. The summed E-state index contributed by atoms with van der Waals surface area (Å²) in [6.07, 6.45) is 1.62. The fourth-order valence-electron chi connectivity index (χ4n) is 3.98. The van der Waals surface area contributed by atoms with Crippen LogP contribution in [0.2, 0.25) is 0 Å². The number of benzene rings is 3. The molecular weight excluding hydrogens is 358 g/mol. The Kier molecular flexibility index (Phi) is 4.02. The number of aromatic nitrogens is 5. The Morgan fingerprint density at radius 1 is 0.793 bits per heavy atom. The van der Waals surface area contributed by atoms with Crippen molar-refractivity contribution in [2.45, 2.75) is 20.8 Å². The summed E-state index contributed by atoms with van der Waals surface area (Å²) >= 11 is 0. The van der Waals surface area contributed by atoms with Crippen molar-refractivity contribution in [3.8, 4) is 22.8 Å². The molecule has 2 heterocycles. The molecule has 5 heteroatoms. The molecule has 5 nitrogen and oxygen atoms in total. The van der Waals surface area contributed by atoms with E-state index in [0.717, 1.165) is 39.6 Å². The quantitative estimate of drug-likeness (QED) is 0.433. The first-order valence-electron chi connectivity index (χ1n) is 9.65. The average Bonchev–Trinajstić information content (AvgIpc) is 3.32. The number of fused-ring (bicyclic) bond motifs is 1. The molecule has 0 spiro atoms. The molecule has 0 radical (unpaired) electrons. The third kappa shape index (κ3) is 2.83. The SMILES string of the molecule is Cc1cccc(C)c1-n1ncnc1-c1ccc2nc(C)n(-c3ccccc3)c2c1. The minimum atomic E-state index is 0.822. The van der Waals surface area contributed by atoms with E-state index in [1.807, 2.05) is 29.8 Å². The van der Waals surface area contributed by atoms with Crippen molar-refractivity contribution in [1.29, 1.82) is 0 Å². The van der Waals surface area contributed by atoms with Gasteiger partial charge in [0.25, 0.3) is 0 Å². The highest BCUT2D eigenvalue weighted by Gasteiger charge is 2.16. The van der Waals surface area contributed by atoms with Gasteiger partial charge in [-0.05, 0) is 62.2 Å². The normalized spacial score (nSPS) is 11.3. The molecule has 0 aliphatic rings. The summed E-state index contributed by atoms with van der Waals surface area (Å²) < 4.78 is 4.11. The first-order valence-corrected chi connectivity index (χ1v) is 9.65. The standard InChI is InChI=1S/C24H21N5/c1-16-8-7-9-17(2)23(16)29-24(25-15-26-29)19-12-13-21-22(14-19)28(18(3)27-21)20-10-5-4-6-11-20/h4-15H,1-3H3. The maximum Gasteiger partial charge on any atom is 0.163 e. The van der Waals surface area contributed by atoms with Crippen molar-refractivity contribution in [3.05, 3.63) is 90.0 Å². The van der Waals surface area contributed by atoms with Gasteiger partial charge in [-0.3, -0.25) is 4.57 Å². The van der Waals surface area contributed by atoms with Gasteiger partial charge in [0, 0.05) is 11.3 Å². The lowest BCUT2D eigenvalue weighted by Crippen LogP contribution is -2.04. The van der Waals surface area contributed by atoms with E-state index in [9.17, 15) is 0 Å². The van der Waals surface area contributed by atoms with Crippen LogP contribution in [0.5, 0.6) is 0 Å². The van der Waals surface area contributed by atoms with E-state index in [0.29, 0.717) is 0 Å². The van der Waals surface area contributed by atoms with Gasteiger partial charge in [-0.25, -0.2) is 14.6 Å². The zero-order valence-corrected chi connectivity index (χ0v) is 16.7. The first-order chi connectivity index (χ1) is 14.1. The Morgan fingerprint density at radius 3 is 2.31 bits per heavy atom. The highest BCUT2D eigenvalue weighted by Crippen LogP contribution is 2.29. The molecule has 0 bridgehead atoms. The molecular formula is C24H21N5. The van der Waals surface area contributed by atoms with Gasteiger partial charge in [0.2, 0.25) is 0 Å². The van der Waals surface area contributed by atoms with Gasteiger partial charge in [0.05, 0.1) is 16.7 Å². The molecule has 3 aromatic carbocycles. The lowest BCUT2D eigenvalue weighted by atomic mass is 10.1. The highest BCUT2D eigenvalue weighted by atomic mass is 15.3. The number of para-hydroxylation sites is 2. The fourth-order valence-corrected chi connectivity index (χ4v) is 3.98. The number of hydrogen-bond acceptors (Lipinski definition) is 3. The number of aryl methyl sites for hydroxylation is 3. The number of hydrogen-bond donors (Lipinski definition) is 0. The summed E-state index contributed by atoms with van der Waals surface area (Å²) in [6, 6.07) is 22.9. The maximum absolute atomic E-state index is 4.74. The summed E-state index contributed by atoms with van der Waals surface area (Å²) in [5, 5.41) is 4.53. The van der Waals surface area contributed by atoms with Crippen molar-refractivity contribution in [2.75, 3.05) is 0 Å². The van der Waals surface area contributed by atoms with Crippen molar-refractivity contribution >= 4 is 11.0 Å². The van der Waals surface area contributed by atoms with Crippen molar-refractivity contribution in [1.82, 2.24) is 24.3 Å². The second-order valence-corrected chi connectivity index (χ2v) is 7.27. The third-order valence-corrected chi connectivity index (χ3v) is 5.29. The summed E-state index contributed by atoms with van der Waals surface area (Å²) in [7, 11) is 0. The van der Waals surface area contributed by atoms with Gasteiger partial charge < -0.3 is 0 Å². The van der Waals surface area contributed by atoms with Gasteiger partial charge in [-0.15, -0.1) is 0 Å². The lowest BCUT2D eigenvalue weighted by molar-refractivity contribution is 0.871. The largest absolute Gasteiger partial charge is 0.297 e. The van der Waals surface area contributed by atoms with E-state index in [1.54, 1.807) is 6.33 Å². The van der Waals surface area contributed by atoms with Crippen molar-refractivity contribution < 1.29 is 0 Å². The zero-order chi connectivity index (χ0) is 20.0. The van der Waals surface area contributed by atoms with Gasteiger partial charge in [0.15, 0.2) is 5.82 Å². The second-order valence-electron chi connectivity index (χ2n) is 7.27. The summed E-state index contributed by atoms with van der Waals surface area (Å²) in [5.74, 6) is 1.78. The molecule has 0 saturated heterocycles. The van der Waals surface area contributed by atoms with E-state index < -0.39 is 0 Å². The zero-order valence-electron chi connectivity index (χ0n) is 16.7. The Bertz CT molecular complexity index is 1310. The molecule has 0 fully saturated rings. The second kappa shape index (κ2) is 6.71. The smallest absolute Gasteiger partial charge is 0.163 e. The third-order valence-electron chi connectivity index (χ3n) is 5.29. The average molecular weight is 379 g/mol. The molecule has 29 heavy (non-hydrogen) atoms. The highest BCUT2D eigenvalue weighted by molar-refractivity contribution is 5.83. The molecule has 5 rings (SSSR count). The van der Waals surface area contributed by atoms with Crippen LogP contribution in [0.15, 0.2) is 73.1 Å². The molecule has 142 valence electrons. The van der Waals surface area contributed by atoms with Gasteiger partial charge in [-0.2, -0.15) is 5.10 Å². The molecule has 0 saturated carbocycles. The monoisotopic (exact) mass is 379 g/mol. The van der Waals surface area contributed by atoms with Crippen LogP contribution in [-0.4, -0.2) is 24.3 Å². The van der Waals surface area contributed by atoms with Gasteiger partial charge >= 0.3 is 0 Å². The molecule has 5 aromatic rings. The first kappa shape index (κ1) is 17.4. The van der Waals surface area contributed by atoms with Crippen molar-refractivity contribution in [2.24, 2.45) is 0 Å². The van der Waals surface area contributed by atoms with E-state index in [2.05, 4.69) is 77.0 Å². The Hall–Kier alpha value is -3.73. The van der Waals surface area contributed by atoms with Gasteiger partial charge in [-0.1, -0.05) is 36.4 Å². The lowest BCUT2D eigenvalue weighted by Gasteiger charge is -2.12.